The first-order valence-electron chi connectivity index (χ1n) is 4.04. The predicted octanol–water partition coefficient (Wildman–Crippen LogP) is 3.45. The molecule has 0 amide bonds. The molecule has 0 N–H and O–H groups in total. The van der Waals surface area contributed by atoms with Crippen molar-refractivity contribution in [1.82, 2.24) is 0 Å². The molecule has 2 heteroatoms. The number of fused-ring (bicyclic) bond motifs is 1. The Morgan fingerprint density at radius 1 is 1.00 bits per heavy atom. The Morgan fingerprint density at radius 3 is 2.38 bits per heavy atom. The molecule has 0 unspecified atom stereocenters. The van der Waals surface area contributed by atoms with Crippen molar-refractivity contribution in [3.63, 3.8) is 0 Å². The zero-order valence-corrected chi connectivity index (χ0v) is 9.41. The predicted molar refractivity (Wildman–Crippen MR) is 63.2 cm³/mol. The Labute approximate surface area is 90.9 Å². The normalized spacial score (nSPS) is 10.3. The van der Waals surface area contributed by atoms with Gasteiger partial charge in [0.2, 0.25) is 0 Å². The van der Waals surface area contributed by atoms with E-state index < -0.39 is 0 Å². The van der Waals surface area contributed by atoms with Crippen molar-refractivity contribution in [2.45, 2.75) is 0 Å². The van der Waals surface area contributed by atoms with E-state index in [0.717, 1.165) is 5.75 Å². The van der Waals surface area contributed by atoms with Gasteiger partial charge in [-0.05, 0) is 40.1 Å². The summed E-state index contributed by atoms with van der Waals surface area (Å²) in [6.07, 6.45) is 0. The molecule has 2 rings (SSSR count). The van der Waals surface area contributed by atoms with Crippen LogP contribution in [0.1, 0.15) is 0 Å². The summed E-state index contributed by atoms with van der Waals surface area (Å²) in [4.78, 5) is 0. The third-order valence-corrected chi connectivity index (χ3v) is 2.99. The maximum absolute atomic E-state index is 5.28. The molecule has 0 saturated heterocycles. The lowest BCUT2D eigenvalue weighted by Gasteiger charge is -2.05. The van der Waals surface area contributed by atoms with Gasteiger partial charge in [-0.1, -0.05) is 24.3 Å². The van der Waals surface area contributed by atoms with Gasteiger partial charge in [0.15, 0.2) is 0 Å². The summed E-state index contributed by atoms with van der Waals surface area (Å²) in [7, 11) is 1.70. The minimum absolute atomic E-state index is 0.941. The standard InChI is InChI=1S/C11H9IO/c1-13-11-7-6-10(12)8-4-2-3-5-9(8)11/h2-7H,1H3/i12-2. The zero-order valence-electron chi connectivity index (χ0n) is 7.25. The van der Waals surface area contributed by atoms with Crippen molar-refractivity contribution in [3.8, 4) is 5.75 Å². The molecule has 0 bridgehead atoms. The highest BCUT2D eigenvalue weighted by Gasteiger charge is 2.02. The van der Waals surface area contributed by atoms with Crippen LogP contribution in [-0.4, -0.2) is 7.11 Å². The second kappa shape index (κ2) is 3.54. The lowest BCUT2D eigenvalue weighted by molar-refractivity contribution is 0.420. The second-order valence-electron chi connectivity index (χ2n) is 2.80. The van der Waals surface area contributed by atoms with E-state index in [9.17, 15) is 0 Å². The zero-order chi connectivity index (χ0) is 9.26. The molecule has 0 spiro atoms. The van der Waals surface area contributed by atoms with Crippen LogP contribution in [0.3, 0.4) is 0 Å². The third-order valence-electron chi connectivity index (χ3n) is 2.05. The Morgan fingerprint density at radius 2 is 1.69 bits per heavy atom. The van der Waals surface area contributed by atoms with Crippen molar-refractivity contribution < 1.29 is 4.74 Å². The topological polar surface area (TPSA) is 9.23 Å². The number of hydrogen-bond donors (Lipinski definition) is 0. The van der Waals surface area contributed by atoms with Crippen LogP contribution >= 0.6 is 22.6 Å². The maximum Gasteiger partial charge on any atom is 0.126 e. The minimum Gasteiger partial charge on any atom is -0.496 e. The van der Waals surface area contributed by atoms with Gasteiger partial charge in [0, 0.05) is 8.96 Å². The Hall–Kier alpha value is -0.770. The number of ether oxygens (including phenoxy) is 1. The van der Waals surface area contributed by atoms with E-state index in [-0.39, 0.29) is 0 Å². The number of halogens is 1. The summed E-state index contributed by atoms with van der Waals surface area (Å²) in [5.41, 5.74) is 0. The number of benzene rings is 2. The van der Waals surface area contributed by atoms with E-state index in [4.69, 9.17) is 4.74 Å². The molecule has 2 aromatic carbocycles. The van der Waals surface area contributed by atoms with Gasteiger partial charge in [-0.2, -0.15) is 0 Å². The molecule has 0 saturated carbocycles. The summed E-state index contributed by atoms with van der Waals surface area (Å²) < 4.78 is 6.54. The van der Waals surface area contributed by atoms with Crippen molar-refractivity contribution in [2.75, 3.05) is 7.11 Å². The average Bonchev–Trinajstić information content (AvgIpc) is 2.19. The van der Waals surface area contributed by atoms with Crippen molar-refractivity contribution in [1.29, 1.82) is 0 Å². The molecule has 0 atom stereocenters. The summed E-state index contributed by atoms with van der Waals surface area (Å²) in [5, 5.41) is 2.43. The van der Waals surface area contributed by atoms with Crippen LogP contribution in [0.5, 0.6) is 5.75 Å². The highest BCUT2D eigenvalue weighted by molar-refractivity contribution is 14.1. The van der Waals surface area contributed by atoms with Gasteiger partial charge in [-0.15, -0.1) is 0 Å². The number of hydrogen-bond acceptors (Lipinski definition) is 1. The van der Waals surface area contributed by atoms with E-state index in [1.165, 1.54) is 14.3 Å². The molecule has 0 aliphatic heterocycles. The highest BCUT2D eigenvalue weighted by atomic mass is 125. The molecule has 0 aromatic heterocycles. The Bertz CT molecular complexity index is 437. The van der Waals surface area contributed by atoms with Gasteiger partial charge in [-0.3, -0.25) is 0 Å². The van der Waals surface area contributed by atoms with E-state index in [1.807, 2.05) is 18.2 Å². The number of methoxy groups -OCH3 is 1. The molecule has 0 aliphatic rings. The molecule has 66 valence electrons. The monoisotopic (exact) mass is 282 g/mol. The summed E-state index contributed by atoms with van der Waals surface area (Å²) >= 11 is 2.34. The van der Waals surface area contributed by atoms with Gasteiger partial charge < -0.3 is 4.74 Å². The van der Waals surface area contributed by atoms with Crippen LogP contribution < -0.4 is 4.74 Å². The fraction of sp³-hybridized carbons (Fsp3) is 0.0909. The summed E-state index contributed by atoms with van der Waals surface area (Å²) in [6, 6.07) is 12.3. The quantitative estimate of drug-likeness (QED) is 0.728. The second-order valence-corrected chi connectivity index (χ2v) is 3.96. The average molecular weight is 282 g/mol. The minimum atomic E-state index is 0.941. The van der Waals surface area contributed by atoms with Crippen molar-refractivity contribution in [2.24, 2.45) is 0 Å². The van der Waals surface area contributed by atoms with Crippen molar-refractivity contribution >= 4 is 33.4 Å². The van der Waals surface area contributed by atoms with Gasteiger partial charge in [0.25, 0.3) is 0 Å². The lowest BCUT2D eigenvalue weighted by atomic mass is 10.1. The SMILES string of the molecule is COc1ccc([125I])c2ccccc12. The molecule has 0 radical (unpaired) electrons. The summed E-state index contributed by atoms with van der Waals surface area (Å²) in [5.74, 6) is 0.941. The molecule has 13 heavy (non-hydrogen) atoms. The van der Waals surface area contributed by atoms with Gasteiger partial charge >= 0.3 is 0 Å². The lowest BCUT2D eigenvalue weighted by Crippen LogP contribution is -1.85. The Balaban J connectivity index is 2.84. The van der Waals surface area contributed by atoms with Crippen LogP contribution in [0.4, 0.5) is 0 Å². The molecule has 0 fully saturated rings. The van der Waals surface area contributed by atoms with Gasteiger partial charge in [0.05, 0.1) is 7.11 Å². The summed E-state index contributed by atoms with van der Waals surface area (Å²) in [6.45, 7) is 0. The van der Waals surface area contributed by atoms with E-state index in [2.05, 4.69) is 40.8 Å². The van der Waals surface area contributed by atoms with E-state index in [1.54, 1.807) is 7.11 Å². The van der Waals surface area contributed by atoms with Crippen LogP contribution in [0.25, 0.3) is 10.8 Å². The fourth-order valence-electron chi connectivity index (χ4n) is 1.41. The molecule has 2 aromatic rings. The smallest absolute Gasteiger partial charge is 0.126 e. The van der Waals surface area contributed by atoms with Gasteiger partial charge in [-0.25, -0.2) is 0 Å². The van der Waals surface area contributed by atoms with E-state index in [0.29, 0.717) is 0 Å². The van der Waals surface area contributed by atoms with Crippen LogP contribution in [0, 0.1) is 3.57 Å². The van der Waals surface area contributed by atoms with Crippen LogP contribution in [0.15, 0.2) is 36.4 Å². The number of rotatable bonds is 1. The first-order valence-corrected chi connectivity index (χ1v) is 5.12. The van der Waals surface area contributed by atoms with Crippen molar-refractivity contribution in [3.05, 3.63) is 40.0 Å². The molecular weight excluding hydrogens is 273 g/mol. The largest absolute Gasteiger partial charge is 0.496 e. The fourth-order valence-corrected chi connectivity index (χ4v) is 2.06. The van der Waals surface area contributed by atoms with Gasteiger partial charge in [0.1, 0.15) is 5.75 Å². The molecular formula is C11H9IO. The maximum atomic E-state index is 5.28. The molecule has 0 heterocycles. The molecule has 0 aliphatic carbocycles. The first kappa shape index (κ1) is 8.81. The first-order chi connectivity index (χ1) is 6.33. The van der Waals surface area contributed by atoms with Crippen LogP contribution in [0.2, 0.25) is 0 Å². The third kappa shape index (κ3) is 1.50. The van der Waals surface area contributed by atoms with Crippen LogP contribution in [-0.2, 0) is 0 Å². The van der Waals surface area contributed by atoms with E-state index >= 15 is 0 Å². The molecule has 1 nitrogen and oxygen atoms in total. The Kier molecular flexibility index (Phi) is 2.40. The highest BCUT2D eigenvalue weighted by Crippen LogP contribution is 2.28.